The van der Waals surface area contributed by atoms with E-state index in [1.165, 1.54) is 13.2 Å². The summed E-state index contributed by atoms with van der Waals surface area (Å²) in [4.78, 5) is 15.0. The zero-order chi connectivity index (χ0) is 14.6. The lowest BCUT2D eigenvalue weighted by atomic mass is 10.3. The number of ether oxygens (including phenoxy) is 3. The number of methoxy groups -OCH3 is 1. The van der Waals surface area contributed by atoms with Crippen molar-refractivity contribution in [2.24, 2.45) is 0 Å². The van der Waals surface area contributed by atoms with E-state index in [2.05, 4.69) is 14.5 Å². The van der Waals surface area contributed by atoms with E-state index in [0.717, 1.165) is 0 Å². The minimum atomic E-state index is -4.90. The summed E-state index contributed by atoms with van der Waals surface area (Å²) in [7, 11) is 1.26. The Morgan fingerprint density at radius 2 is 2.11 bits per heavy atom. The lowest BCUT2D eigenvalue weighted by Crippen LogP contribution is -2.20. The van der Waals surface area contributed by atoms with Crippen LogP contribution in [0.4, 0.5) is 13.2 Å². The van der Waals surface area contributed by atoms with Crippen molar-refractivity contribution in [3.05, 3.63) is 15.3 Å². The smallest absolute Gasteiger partial charge is 0.494 e. The molecule has 1 aromatic rings. The molecule has 106 valence electrons. The Labute approximate surface area is 120 Å². The fraction of sp³-hybridized carbons (Fsp3) is 0.400. The zero-order valence-electron chi connectivity index (χ0n) is 9.88. The summed E-state index contributed by atoms with van der Waals surface area (Å²) in [5, 5.41) is 0. The zero-order valence-corrected chi connectivity index (χ0v) is 12.0. The van der Waals surface area contributed by atoms with Crippen molar-refractivity contribution in [1.29, 1.82) is 0 Å². The SMILES string of the molecule is CCOC(=O)c1nc(OC(F)(F)F)c(I)cc1OC. The van der Waals surface area contributed by atoms with Gasteiger partial charge in [-0.1, -0.05) is 0 Å². The Morgan fingerprint density at radius 1 is 1.47 bits per heavy atom. The van der Waals surface area contributed by atoms with Crippen molar-refractivity contribution in [2.75, 3.05) is 13.7 Å². The normalized spacial score (nSPS) is 11.1. The fourth-order valence-electron chi connectivity index (χ4n) is 1.14. The van der Waals surface area contributed by atoms with E-state index in [4.69, 9.17) is 4.74 Å². The number of esters is 1. The summed E-state index contributed by atoms with van der Waals surface area (Å²) in [5.41, 5.74) is -0.371. The van der Waals surface area contributed by atoms with Gasteiger partial charge in [0.25, 0.3) is 0 Å². The van der Waals surface area contributed by atoms with E-state index in [0.29, 0.717) is 0 Å². The first kappa shape index (κ1) is 15.8. The van der Waals surface area contributed by atoms with E-state index in [1.807, 2.05) is 0 Å². The second-order valence-electron chi connectivity index (χ2n) is 3.09. The van der Waals surface area contributed by atoms with Crippen LogP contribution in [0.1, 0.15) is 17.4 Å². The minimum absolute atomic E-state index is 0.0115. The molecule has 0 atom stereocenters. The van der Waals surface area contributed by atoms with E-state index in [1.54, 1.807) is 29.5 Å². The molecule has 0 N–H and O–H groups in total. The molecule has 5 nitrogen and oxygen atoms in total. The maximum Gasteiger partial charge on any atom is 0.574 e. The maximum absolute atomic E-state index is 12.2. The summed E-state index contributed by atoms with van der Waals surface area (Å²) in [6.45, 7) is 1.62. The topological polar surface area (TPSA) is 57.7 Å². The Kier molecular flexibility index (Phi) is 5.20. The average molecular weight is 391 g/mol. The Hall–Kier alpha value is -1.26. The highest BCUT2D eigenvalue weighted by atomic mass is 127. The van der Waals surface area contributed by atoms with Gasteiger partial charge >= 0.3 is 12.3 Å². The molecular formula is C10H9F3INO4. The van der Waals surface area contributed by atoms with Gasteiger partial charge in [-0.2, -0.15) is 0 Å². The van der Waals surface area contributed by atoms with Crippen LogP contribution in [-0.4, -0.2) is 31.0 Å². The quantitative estimate of drug-likeness (QED) is 0.584. The molecule has 0 spiro atoms. The molecule has 9 heteroatoms. The van der Waals surface area contributed by atoms with E-state index in [9.17, 15) is 18.0 Å². The first-order chi connectivity index (χ1) is 8.78. The van der Waals surface area contributed by atoms with Crippen molar-refractivity contribution in [1.82, 2.24) is 4.98 Å². The van der Waals surface area contributed by atoms with Crippen LogP contribution in [0.5, 0.6) is 11.6 Å². The number of pyridine rings is 1. The number of alkyl halides is 3. The molecule has 0 bridgehead atoms. The molecule has 0 saturated heterocycles. The third kappa shape index (κ3) is 4.40. The lowest BCUT2D eigenvalue weighted by molar-refractivity contribution is -0.276. The van der Waals surface area contributed by atoms with Crippen molar-refractivity contribution < 1.29 is 32.2 Å². The predicted octanol–water partition coefficient (Wildman–Crippen LogP) is 2.77. The molecular weight excluding hydrogens is 382 g/mol. The number of halogens is 4. The van der Waals surface area contributed by atoms with Crippen molar-refractivity contribution in [3.63, 3.8) is 0 Å². The number of rotatable bonds is 4. The molecule has 0 fully saturated rings. The molecule has 0 aliphatic rings. The molecule has 0 unspecified atom stereocenters. The highest BCUT2D eigenvalue weighted by Crippen LogP contribution is 2.30. The highest BCUT2D eigenvalue weighted by Gasteiger charge is 2.34. The van der Waals surface area contributed by atoms with Crippen LogP contribution in [-0.2, 0) is 4.74 Å². The van der Waals surface area contributed by atoms with Crippen molar-refractivity contribution in [3.8, 4) is 11.6 Å². The van der Waals surface area contributed by atoms with Crippen LogP contribution in [0.25, 0.3) is 0 Å². The maximum atomic E-state index is 12.2. The molecule has 0 aliphatic heterocycles. The van der Waals surface area contributed by atoms with Gasteiger partial charge in [0.2, 0.25) is 5.88 Å². The van der Waals surface area contributed by atoms with Gasteiger partial charge in [-0.15, -0.1) is 13.2 Å². The summed E-state index contributed by atoms with van der Waals surface area (Å²) in [6.07, 6.45) is -4.90. The van der Waals surface area contributed by atoms with Crippen molar-refractivity contribution >= 4 is 28.6 Å². The van der Waals surface area contributed by atoms with Gasteiger partial charge in [-0.3, -0.25) is 0 Å². The molecule has 0 saturated carbocycles. The number of carbonyl (C=O) groups excluding carboxylic acids is 1. The number of hydrogen-bond donors (Lipinski definition) is 0. The molecule has 0 radical (unpaired) electrons. The number of carbonyl (C=O) groups is 1. The third-order valence-corrected chi connectivity index (χ3v) is 2.58. The Morgan fingerprint density at radius 3 is 2.58 bits per heavy atom. The van der Waals surface area contributed by atoms with Crippen LogP contribution in [0.15, 0.2) is 6.07 Å². The molecule has 0 amide bonds. The molecule has 1 rings (SSSR count). The summed E-state index contributed by atoms with van der Waals surface area (Å²) < 4.78 is 49.8. The molecule has 1 aromatic heterocycles. The summed E-state index contributed by atoms with van der Waals surface area (Å²) in [6, 6.07) is 1.21. The number of aromatic nitrogens is 1. The van der Waals surface area contributed by atoms with Crippen LogP contribution >= 0.6 is 22.6 Å². The first-order valence-corrected chi connectivity index (χ1v) is 6.03. The van der Waals surface area contributed by atoms with Crippen LogP contribution in [0, 0.1) is 3.57 Å². The summed E-state index contributed by atoms with van der Waals surface area (Å²) >= 11 is 1.59. The third-order valence-electron chi connectivity index (χ3n) is 1.81. The average Bonchev–Trinajstić information content (AvgIpc) is 2.29. The molecule has 0 aromatic carbocycles. The van der Waals surface area contributed by atoms with Gasteiger partial charge in [-0.05, 0) is 29.5 Å². The molecule has 0 aliphatic carbocycles. The second-order valence-corrected chi connectivity index (χ2v) is 4.26. The van der Waals surface area contributed by atoms with E-state index >= 15 is 0 Å². The van der Waals surface area contributed by atoms with Gasteiger partial charge in [0.05, 0.1) is 17.3 Å². The standard InChI is InChI=1S/C10H9F3INO4/c1-3-18-9(16)7-6(17-2)4-5(14)8(15-7)19-10(11,12)13/h4H,3H2,1-2H3. The summed E-state index contributed by atoms with van der Waals surface area (Å²) in [5.74, 6) is -1.60. The fourth-order valence-corrected chi connectivity index (χ4v) is 1.65. The van der Waals surface area contributed by atoms with Crippen LogP contribution < -0.4 is 9.47 Å². The number of hydrogen-bond acceptors (Lipinski definition) is 5. The van der Waals surface area contributed by atoms with Gasteiger partial charge in [0.1, 0.15) is 0 Å². The van der Waals surface area contributed by atoms with Gasteiger partial charge in [0.15, 0.2) is 11.4 Å². The van der Waals surface area contributed by atoms with Gasteiger partial charge < -0.3 is 14.2 Å². The Bertz CT molecular complexity index is 479. The molecule has 19 heavy (non-hydrogen) atoms. The number of nitrogens with zero attached hydrogens (tertiary/aromatic N) is 1. The lowest BCUT2D eigenvalue weighted by Gasteiger charge is -2.13. The van der Waals surface area contributed by atoms with E-state index in [-0.39, 0.29) is 21.6 Å². The van der Waals surface area contributed by atoms with Gasteiger partial charge in [-0.25, -0.2) is 9.78 Å². The second kappa shape index (κ2) is 6.26. The van der Waals surface area contributed by atoms with Gasteiger partial charge in [0, 0.05) is 6.07 Å². The monoisotopic (exact) mass is 391 g/mol. The van der Waals surface area contributed by atoms with Crippen LogP contribution in [0.2, 0.25) is 0 Å². The predicted molar refractivity (Wildman–Crippen MR) is 66.1 cm³/mol. The Balaban J connectivity index is 3.21. The largest absolute Gasteiger partial charge is 0.574 e. The van der Waals surface area contributed by atoms with E-state index < -0.39 is 18.2 Å². The first-order valence-electron chi connectivity index (χ1n) is 4.96. The van der Waals surface area contributed by atoms with Crippen LogP contribution in [0.3, 0.4) is 0 Å². The molecule has 1 heterocycles. The van der Waals surface area contributed by atoms with Crippen molar-refractivity contribution in [2.45, 2.75) is 13.3 Å². The highest BCUT2D eigenvalue weighted by molar-refractivity contribution is 14.1. The minimum Gasteiger partial charge on any atom is -0.494 e.